The topological polar surface area (TPSA) is 52.6 Å². The summed E-state index contributed by atoms with van der Waals surface area (Å²) in [6, 6.07) is 1.10. The van der Waals surface area contributed by atoms with Gasteiger partial charge in [0.2, 0.25) is 0 Å². The van der Waals surface area contributed by atoms with Crippen LogP contribution in [0.1, 0.15) is 65.1 Å². The van der Waals surface area contributed by atoms with E-state index in [1.165, 1.54) is 0 Å². The smallest absolute Gasteiger partial charge is 0.191 e. The third-order valence-corrected chi connectivity index (χ3v) is 4.72. The second kappa shape index (κ2) is 12.9. The van der Waals surface area contributed by atoms with Crippen molar-refractivity contribution >= 4 is 41.3 Å². The molecule has 7 heteroatoms. The molecule has 1 rings (SSSR count). The Balaban J connectivity index is 0.00000576. The van der Waals surface area contributed by atoms with Gasteiger partial charge in [0.05, 0.1) is 12.2 Å². The highest BCUT2D eigenvalue weighted by atomic mass is 127. The van der Waals surface area contributed by atoms with E-state index in [1.54, 1.807) is 11.3 Å². The van der Waals surface area contributed by atoms with Crippen LogP contribution in [0.25, 0.3) is 0 Å². The lowest BCUT2D eigenvalue weighted by atomic mass is 10.2. The van der Waals surface area contributed by atoms with E-state index in [1.807, 2.05) is 0 Å². The number of hydrogen-bond acceptors (Lipinski definition) is 4. The van der Waals surface area contributed by atoms with E-state index in [2.05, 4.69) is 79.4 Å². The summed E-state index contributed by atoms with van der Waals surface area (Å²) in [5, 5.41) is 9.96. The van der Waals surface area contributed by atoms with Crippen LogP contribution in [-0.2, 0) is 6.54 Å². The van der Waals surface area contributed by atoms with Gasteiger partial charge in [0.15, 0.2) is 5.96 Å². The van der Waals surface area contributed by atoms with Crippen molar-refractivity contribution in [3.63, 3.8) is 0 Å². The average molecular weight is 481 g/mol. The van der Waals surface area contributed by atoms with Crippen LogP contribution < -0.4 is 10.6 Å². The van der Waals surface area contributed by atoms with Crippen LogP contribution >= 0.6 is 35.3 Å². The summed E-state index contributed by atoms with van der Waals surface area (Å²) in [7, 11) is 0. The Bertz CT molecular complexity index is 491. The molecule has 0 fully saturated rings. The number of thiazole rings is 1. The minimum atomic E-state index is 0. The Morgan fingerprint density at radius 2 is 1.80 bits per heavy atom. The highest BCUT2D eigenvalue weighted by Crippen LogP contribution is 2.18. The highest BCUT2D eigenvalue weighted by molar-refractivity contribution is 14.0. The Morgan fingerprint density at radius 1 is 1.16 bits per heavy atom. The van der Waals surface area contributed by atoms with Gasteiger partial charge < -0.3 is 10.6 Å². The fourth-order valence-corrected chi connectivity index (χ4v) is 3.45. The predicted octanol–water partition coefficient (Wildman–Crippen LogP) is 4.06. The summed E-state index contributed by atoms with van der Waals surface area (Å²) in [6.07, 6.45) is 0. The Kier molecular flexibility index (Phi) is 12.7. The summed E-state index contributed by atoms with van der Waals surface area (Å²) in [5.74, 6) is 1.34. The van der Waals surface area contributed by atoms with E-state index in [0.29, 0.717) is 24.5 Å². The van der Waals surface area contributed by atoms with Gasteiger partial charge in [0.1, 0.15) is 5.01 Å². The summed E-state index contributed by atoms with van der Waals surface area (Å²) in [5.41, 5.74) is 1.16. The molecule has 0 amide bonds. The lowest BCUT2D eigenvalue weighted by Crippen LogP contribution is -2.45. The van der Waals surface area contributed by atoms with E-state index in [9.17, 15) is 0 Å². The minimum absolute atomic E-state index is 0. The van der Waals surface area contributed by atoms with E-state index >= 15 is 0 Å². The molecule has 0 aliphatic rings. The number of nitrogens with one attached hydrogen (secondary N) is 2. The van der Waals surface area contributed by atoms with E-state index in [4.69, 9.17) is 0 Å². The van der Waals surface area contributed by atoms with Crippen molar-refractivity contribution in [2.45, 2.75) is 73.0 Å². The largest absolute Gasteiger partial charge is 0.357 e. The molecule has 0 atom stereocenters. The molecule has 0 aliphatic heterocycles. The molecule has 0 spiro atoms. The maximum absolute atomic E-state index is 4.67. The molecule has 2 N–H and O–H groups in total. The monoisotopic (exact) mass is 481 g/mol. The SMILES string of the molecule is CCNC(=NCc1nc(C(C)C)cs1)NCCN(C(C)C)C(C)C.I. The lowest BCUT2D eigenvalue weighted by molar-refractivity contribution is 0.178. The van der Waals surface area contributed by atoms with Gasteiger partial charge in [-0.2, -0.15) is 0 Å². The molecule has 1 aromatic rings. The zero-order chi connectivity index (χ0) is 18.1. The van der Waals surface area contributed by atoms with Gasteiger partial charge in [-0.3, -0.25) is 4.90 Å². The van der Waals surface area contributed by atoms with Crippen LogP contribution in [0.5, 0.6) is 0 Å². The molecule has 0 saturated carbocycles. The van der Waals surface area contributed by atoms with E-state index < -0.39 is 0 Å². The van der Waals surface area contributed by atoms with Crippen molar-refractivity contribution in [2.75, 3.05) is 19.6 Å². The van der Waals surface area contributed by atoms with Gasteiger partial charge in [0.25, 0.3) is 0 Å². The third-order valence-electron chi connectivity index (χ3n) is 3.87. The fraction of sp³-hybridized carbons (Fsp3) is 0.778. The molecule has 0 radical (unpaired) electrons. The molecule has 0 aromatic carbocycles. The molecule has 5 nitrogen and oxygen atoms in total. The van der Waals surface area contributed by atoms with Crippen LogP contribution in [-0.4, -0.2) is 47.6 Å². The standard InChI is InChI=1S/C18H35N5S.HI/c1-8-19-18(20-9-10-23(14(4)5)15(6)7)21-11-17-22-16(12-24-17)13(2)3;/h12-15H,8-11H2,1-7H3,(H2,19,20,21);1H. The first-order valence-electron chi connectivity index (χ1n) is 9.07. The first kappa shape index (κ1) is 24.6. The van der Waals surface area contributed by atoms with Gasteiger partial charge in [-0.05, 0) is 40.5 Å². The van der Waals surface area contributed by atoms with Crippen LogP contribution in [0, 0.1) is 0 Å². The van der Waals surface area contributed by atoms with Crippen LogP contribution in [0.2, 0.25) is 0 Å². The number of rotatable bonds is 9. The minimum Gasteiger partial charge on any atom is -0.357 e. The molecule has 1 aromatic heterocycles. The molecule has 1 heterocycles. The maximum atomic E-state index is 4.67. The first-order chi connectivity index (χ1) is 11.3. The van der Waals surface area contributed by atoms with Crippen molar-refractivity contribution in [1.82, 2.24) is 20.5 Å². The molecule has 25 heavy (non-hydrogen) atoms. The third kappa shape index (κ3) is 9.19. The summed E-state index contributed by atoms with van der Waals surface area (Å²) in [4.78, 5) is 11.8. The molecular weight excluding hydrogens is 445 g/mol. The van der Waals surface area contributed by atoms with Crippen molar-refractivity contribution < 1.29 is 0 Å². The Hall–Kier alpha value is -0.410. The number of halogens is 1. The number of aromatic nitrogens is 1. The Labute approximate surface area is 175 Å². The van der Waals surface area contributed by atoms with Crippen molar-refractivity contribution in [2.24, 2.45) is 4.99 Å². The molecule has 146 valence electrons. The van der Waals surface area contributed by atoms with Crippen molar-refractivity contribution in [1.29, 1.82) is 0 Å². The lowest BCUT2D eigenvalue weighted by Gasteiger charge is -2.30. The normalized spacial score (nSPS) is 12.2. The van der Waals surface area contributed by atoms with Gasteiger partial charge >= 0.3 is 0 Å². The Morgan fingerprint density at radius 3 is 2.28 bits per heavy atom. The number of aliphatic imine (C=N–C) groups is 1. The zero-order valence-electron chi connectivity index (χ0n) is 16.8. The molecule has 0 saturated heterocycles. The average Bonchev–Trinajstić information content (AvgIpc) is 2.97. The quantitative estimate of drug-likeness (QED) is 0.317. The highest BCUT2D eigenvalue weighted by Gasteiger charge is 2.12. The van der Waals surface area contributed by atoms with Crippen molar-refractivity contribution in [3.8, 4) is 0 Å². The van der Waals surface area contributed by atoms with Gasteiger partial charge in [-0.15, -0.1) is 35.3 Å². The second-order valence-corrected chi connectivity index (χ2v) is 7.81. The number of guanidine groups is 1. The van der Waals surface area contributed by atoms with Gasteiger partial charge in [-0.25, -0.2) is 9.98 Å². The summed E-state index contributed by atoms with van der Waals surface area (Å²) < 4.78 is 0. The van der Waals surface area contributed by atoms with Crippen LogP contribution in [0.15, 0.2) is 10.4 Å². The van der Waals surface area contributed by atoms with E-state index in [-0.39, 0.29) is 24.0 Å². The van der Waals surface area contributed by atoms with Crippen LogP contribution in [0.3, 0.4) is 0 Å². The molecule has 0 aliphatic carbocycles. The van der Waals surface area contributed by atoms with Crippen molar-refractivity contribution in [3.05, 3.63) is 16.1 Å². The molecular formula is C18H36IN5S. The zero-order valence-corrected chi connectivity index (χ0v) is 19.9. The van der Waals surface area contributed by atoms with E-state index in [0.717, 1.165) is 36.3 Å². The van der Waals surface area contributed by atoms with Gasteiger partial charge in [0, 0.05) is 37.1 Å². The first-order valence-corrected chi connectivity index (χ1v) is 9.95. The number of hydrogen-bond donors (Lipinski definition) is 2. The maximum Gasteiger partial charge on any atom is 0.191 e. The summed E-state index contributed by atoms with van der Waals surface area (Å²) >= 11 is 1.69. The second-order valence-electron chi connectivity index (χ2n) is 6.87. The molecule has 0 unspecified atom stereocenters. The fourth-order valence-electron chi connectivity index (χ4n) is 2.57. The number of nitrogens with zero attached hydrogens (tertiary/aromatic N) is 3. The van der Waals surface area contributed by atoms with Crippen LogP contribution in [0.4, 0.5) is 0 Å². The molecule has 0 bridgehead atoms. The van der Waals surface area contributed by atoms with Gasteiger partial charge in [-0.1, -0.05) is 13.8 Å². The summed E-state index contributed by atoms with van der Waals surface area (Å²) in [6.45, 7) is 18.8. The predicted molar refractivity (Wildman–Crippen MR) is 121 cm³/mol.